The number of hydrogen-bond acceptors (Lipinski definition) is 6. The van der Waals surface area contributed by atoms with Gasteiger partial charge in [-0.15, -0.1) is 0 Å². The zero-order chi connectivity index (χ0) is 23.3. The summed E-state index contributed by atoms with van der Waals surface area (Å²) in [6.45, 7) is 1.87. The molecule has 0 amide bonds. The van der Waals surface area contributed by atoms with Crippen molar-refractivity contribution in [3.63, 3.8) is 0 Å². The van der Waals surface area contributed by atoms with Gasteiger partial charge in [-0.25, -0.2) is 8.42 Å². The number of sulfone groups is 1. The van der Waals surface area contributed by atoms with Crippen LogP contribution in [-0.4, -0.2) is 59.0 Å². The molecule has 1 aliphatic rings. The average molecular weight is 462 g/mol. The van der Waals surface area contributed by atoms with Gasteiger partial charge in [-0.05, 0) is 92.6 Å². The Morgan fingerprint density at radius 1 is 1.06 bits per heavy atom. The first kappa shape index (κ1) is 24.6. The van der Waals surface area contributed by atoms with Gasteiger partial charge >= 0.3 is 0 Å². The van der Waals surface area contributed by atoms with Crippen LogP contribution in [0.1, 0.15) is 42.1 Å². The molecule has 0 aromatic heterocycles. The predicted molar refractivity (Wildman–Crippen MR) is 126 cm³/mol. The third kappa shape index (κ3) is 6.03. The van der Waals surface area contributed by atoms with Crippen molar-refractivity contribution in [1.29, 1.82) is 0 Å². The quantitative estimate of drug-likeness (QED) is 0.582. The molecule has 1 N–H and O–H groups in total. The molecule has 0 fully saturated rings. The highest BCUT2D eigenvalue weighted by Crippen LogP contribution is 2.41. The van der Waals surface area contributed by atoms with Crippen LogP contribution in [0.15, 0.2) is 41.3 Å². The summed E-state index contributed by atoms with van der Waals surface area (Å²) in [7, 11) is 2.21. The largest absolute Gasteiger partial charge is 0.493 e. The van der Waals surface area contributed by atoms with Crippen molar-refractivity contribution < 1.29 is 23.0 Å². The molecule has 32 heavy (non-hydrogen) atoms. The molecule has 2 unspecified atom stereocenters. The summed E-state index contributed by atoms with van der Waals surface area (Å²) < 4.78 is 34.0. The van der Waals surface area contributed by atoms with Crippen LogP contribution in [0, 0.1) is 5.92 Å². The maximum atomic E-state index is 11.6. The second-order valence-electron chi connectivity index (χ2n) is 8.76. The summed E-state index contributed by atoms with van der Waals surface area (Å²) in [4.78, 5) is 2.65. The number of benzene rings is 2. The fourth-order valence-corrected chi connectivity index (χ4v) is 5.07. The summed E-state index contributed by atoms with van der Waals surface area (Å²) in [5.74, 6) is 1.62. The van der Waals surface area contributed by atoms with E-state index in [0.717, 1.165) is 61.9 Å². The van der Waals surface area contributed by atoms with Gasteiger partial charge in [-0.2, -0.15) is 0 Å². The van der Waals surface area contributed by atoms with Crippen molar-refractivity contribution >= 4 is 9.84 Å². The van der Waals surface area contributed by atoms with E-state index in [2.05, 4.69) is 11.9 Å². The van der Waals surface area contributed by atoms with Gasteiger partial charge in [0.1, 0.15) is 0 Å². The lowest BCUT2D eigenvalue weighted by molar-refractivity contribution is 0.0851. The van der Waals surface area contributed by atoms with E-state index in [1.807, 2.05) is 24.3 Å². The van der Waals surface area contributed by atoms with Gasteiger partial charge in [0.05, 0.1) is 25.2 Å². The molecular weight excluding hydrogens is 426 g/mol. The number of fused-ring (bicyclic) bond motifs is 1. The number of aryl methyl sites for hydroxylation is 1. The molecule has 2 aromatic rings. The molecule has 7 heteroatoms. The van der Waals surface area contributed by atoms with Crippen molar-refractivity contribution in [2.75, 3.05) is 40.6 Å². The lowest BCUT2D eigenvalue weighted by Crippen LogP contribution is -2.25. The van der Waals surface area contributed by atoms with Crippen LogP contribution < -0.4 is 9.47 Å². The van der Waals surface area contributed by atoms with E-state index in [4.69, 9.17) is 9.47 Å². The minimum atomic E-state index is -3.15. The molecule has 0 spiro atoms. The molecule has 0 aliphatic heterocycles. The van der Waals surface area contributed by atoms with E-state index in [1.165, 1.54) is 6.26 Å². The van der Waals surface area contributed by atoms with Crippen LogP contribution in [0.5, 0.6) is 11.5 Å². The zero-order valence-corrected chi connectivity index (χ0v) is 20.3. The topological polar surface area (TPSA) is 76.1 Å². The van der Waals surface area contributed by atoms with Crippen LogP contribution in [0.3, 0.4) is 0 Å². The molecular formula is C25H35NO5S. The number of ether oxygens (including phenoxy) is 2. The fourth-order valence-electron chi connectivity index (χ4n) is 4.44. The zero-order valence-electron chi connectivity index (χ0n) is 19.5. The molecule has 2 atom stereocenters. The highest BCUT2D eigenvalue weighted by Gasteiger charge is 2.29. The maximum absolute atomic E-state index is 11.6. The van der Waals surface area contributed by atoms with E-state index < -0.39 is 15.9 Å². The van der Waals surface area contributed by atoms with E-state index in [-0.39, 0.29) is 5.92 Å². The van der Waals surface area contributed by atoms with Gasteiger partial charge in [0, 0.05) is 12.8 Å². The molecule has 0 bridgehead atoms. The standard InChI is InChI=1S/C25H35NO5S/c1-26(15-13-18-7-11-21(12-8-18)32(4,28)29)14-5-6-19-9-10-20-16-23(30-2)24(31-3)17-22(20)25(19)27/h7-8,11-12,16-17,19,25,27H,5-6,9-10,13-15H2,1-4H3. The number of likely N-dealkylation sites (N-methyl/N-ethyl adjacent to an activating group) is 1. The Labute approximate surface area is 192 Å². The molecule has 1 aliphatic carbocycles. The average Bonchev–Trinajstić information content (AvgIpc) is 2.78. The van der Waals surface area contributed by atoms with Gasteiger partial charge in [0.25, 0.3) is 0 Å². The highest BCUT2D eigenvalue weighted by molar-refractivity contribution is 7.90. The second-order valence-corrected chi connectivity index (χ2v) is 10.8. The Balaban J connectivity index is 1.47. The third-order valence-electron chi connectivity index (χ3n) is 6.44. The molecule has 2 aromatic carbocycles. The van der Waals surface area contributed by atoms with E-state index in [0.29, 0.717) is 16.4 Å². The third-order valence-corrected chi connectivity index (χ3v) is 7.57. The molecule has 6 nitrogen and oxygen atoms in total. The second kappa shape index (κ2) is 10.7. The van der Waals surface area contributed by atoms with Crippen LogP contribution in [-0.2, 0) is 22.7 Å². The van der Waals surface area contributed by atoms with Crippen molar-refractivity contribution in [3.05, 3.63) is 53.1 Å². The number of aliphatic hydroxyl groups excluding tert-OH is 1. The van der Waals surface area contributed by atoms with E-state index >= 15 is 0 Å². The molecule has 176 valence electrons. The van der Waals surface area contributed by atoms with E-state index in [9.17, 15) is 13.5 Å². The van der Waals surface area contributed by atoms with Crippen molar-refractivity contribution in [2.24, 2.45) is 5.92 Å². The summed E-state index contributed by atoms with van der Waals surface area (Å²) in [6, 6.07) is 11.1. The number of methoxy groups -OCH3 is 2. The van der Waals surface area contributed by atoms with Crippen molar-refractivity contribution in [2.45, 2.75) is 43.1 Å². The highest BCUT2D eigenvalue weighted by atomic mass is 32.2. The van der Waals surface area contributed by atoms with Crippen LogP contribution in [0.4, 0.5) is 0 Å². The molecule has 0 saturated carbocycles. The lowest BCUT2D eigenvalue weighted by atomic mass is 9.79. The smallest absolute Gasteiger partial charge is 0.175 e. The molecule has 0 heterocycles. The lowest BCUT2D eigenvalue weighted by Gasteiger charge is -2.31. The van der Waals surface area contributed by atoms with Crippen LogP contribution >= 0.6 is 0 Å². The Morgan fingerprint density at radius 3 is 2.34 bits per heavy atom. The minimum Gasteiger partial charge on any atom is -0.493 e. The van der Waals surface area contributed by atoms with E-state index in [1.54, 1.807) is 26.4 Å². The van der Waals surface area contributed by atoms with Gasteiger partial charge in [0.15, 0.2) is 21.3 Å². The van der Waals surface area contributed by atoms with Crippen molar-refractivity contribution in [3.8, 4) is 11.5 Å². The Morgan fingerprint density at radius 2 is 1.72 bits per heavy atom. The Bertz CT molecular complexity index is 1000. The summed E-state index contributed by atoms with van der Waals surface area (Å²) in [6.07, 6.45) is 5.54. The summed E-state index contributed by atoms with van der Waals surface area (Å²) in [5, 5.41) is 10.9. The van der Waals surface area contributed by atoms with Gasteiger partial charge in [0.2, 0.25) is 0 Å². The number of rotatable bonds is 10. The number of hydrogen-bond donors (Lipinski definition) is 1. The first-order chi connectivity index (χ1) is 15.2. The molecule has 0 radical (unpaired) electrons. The van der Waals surface area contributed by atoms with Crippen LogP contribution in [0.25, 0.3) is 0 Å². The van der Waals surface area contributed by atoms with Gasteiger partial charge in [-0.1, -0.05) is 12.1 Å². The monoisotopic (exact) mass is 461 g/mol. The summed E-state index contributed by atoms with van der Waals surface area (Å²) >= 11 is 0. The van der Waals surface area contributed by atoms with Crippen molar-refractivity contribution in [1.82, 2.24) is 4.90 Å². The molecule has 3 rings (SSSR count). The number of nitrogens with zero attached hydrogens (tertiary/aromatic N) is 1. The minimum absolute atomic E-state index is 0.248. The Hall–Kier alpha value is -2.09. The van der Waals surface area contributed by atoms with Gasteiger partial charge < -0.3 is 19.5 Å². The predicted octanol–water partition coefficient (Wildman–Crippen LogP) is 3.66. The molecule has 0 saturated heterocycles. The van der Waals surface area contributed by atoms with Crippen LogP contribution in [0.2, 0.25) is 0 Å². The maximum Gasteiger partial charge on any atom is 0.175 e. The normalized spacial score (nSPS) is 18.4. The number of aliphatic hydroxyl groups is 1. The first-order valence-electron chi connectivity index (χ1n) is 11.1. The SMILES string of the molecule is COc1cc2c(cc1OC)C(O)C(CCCN(C)CCc1ccc(S(C)(=O)=O)cc1)CC2. The van der Waals surface area contributed by atoms with Gasteiger partial charge in [-0.3, -0.25) is 0 Å². The summed E-state index contributed by atoms with van der Waals surface area (Å²) in [5.41, 5.74) is 3.24. The Kier molecular flexibility index (Phi) is 8.20. The first-order valence-corrected chi connectivity index (χ1v) is 13.0. The fraction of sp³-hybridized carbons (Fsp3) is 0.520.